The molecular formula is C20H13N5O2. The Morgan fingerprint density at radius 3 is 2.59 bits per heavy atom. The lowest BCUT2D eigenvalue weighted by Gasteiger charge is -2.13. The van der Waals surface area contributed by atoms with Crippen LogP contribution >= 0.6 is 0 Å². The number of imide groups is 1. The van der Waals surface area contributed by atoms with Gasteiger partial charge in [0, 0.05) is 24.2 Å². The third-order valence-corrected chi connectivity index (χ3v) is 4.65. The van der Waals surface area contributed by atoms with Crippen LogP contribution in [-0.2, 0) is 6.54 Å². The van der Waals surface area contributed by atoms with Crippen molar-refractivity contribution < 1.29 is 9.59 Å². The fourth-order valence-electron chi connectivity index (χ4n) is 3.37. The molecule has 130 valence electrons. The molecule has 0 aliphatic carbocycles. The van der Waals surface area contributed by atoms with Gasteiger partial charge in [0.15, 0.2) is 5.65 Å². The molecule has 1 N–H and O–H groups in total. The molecule has 3 aromatic heterocycles. The number of benzene rings is 1. The van der Waals surface area contributed by atoms with Crippen LogP contribution < -0.4 is 0 Å². The molecule has 0 atom stereocenters. The molecule has 1 aromatic carbocycles. The van der Waals surface area contributed by atoms with E-state index in [0.29, 0.717) is 27.9 Å². The van der Waals surface area contributed by atoms with E-state index in [-0.39, 0.29) is 18.4 Å². The zero-order valence-electron chi connectivity index (χ0n) is 14.1. The van der Waals surface area contributed by atoms with Gasteiger partial charge in [-0.1, -0.05) is 30.3 Å². The summed E-state index contributed by atoms with van der Waals surface area (Å²) in [6.07, 6.45) is 4.77. The molecule has 0 bridgehead atoms. The first-order valence-electron chi connectivity index (χ1n) is 8.41. The van der Waals surface area contributed by atoms with Crippen molar-refractivity contribution in [2.75, 3.05) is 0 Å². The van der Waals surface area contributed by atoms with Gasteiger partial charge in [-0.25, -0.2) is 4.98 Å². The monoisotopic (exact) mass is 355 g/mol. The second-order valence-corrected chi connectivity index (χ2v) is 6.27. The van der Waals surface area contributed by atoms with Gasteiger partial charge in [0.05, 0.1) is 28.8 Å². The maximum atomic E-state index is 13.1. The molecule has 7 heteroatoms. The third-order valence-electron chi connectivity index (χ3n) is 4.65. The summed E-state index contributed by atoms with van der Waals surface area (Å²) >= 11 is 0. The van der Waals surface area contributed by atoms with E-state index < -0.39 is 0 Å². The smallest absolute Gasteiger partial charge is 0.263 e. The highest BCUT2D eigenvalue weighted by Crippen LogP contribution is 2.34. The molecule has 0 unspecified atom stereocenters. The average molecular weight is 355 g/mol. The van der Waals surface area contributed by atoms with Crippen LogP contribution in [0.3, 0.4) is 0 Å². The summed E-state index contributed by atoms with van der Waals surface area (Å²) in [5, 5.41) is 7.67. The van der Waals surface area contributed by atoms with Crippen LogP contribution in [0.1, 0.15) is 26.3 Å². The van der Waals surface area contributed by atoms with E-state index in [4.69, 9.17) is 0 Å². The molecule has 0 radical (unpaired) electrons. The summed E-state index contributed by atoms with van der Waals surface area (Å²) in [5.41, 5.74) is 3.33. The summed E-state index contributed by atoms with van der Waals surface area (Å²) in [6.45, 7) is 0.217. The number of H-pyrrole nitrogens is 1. The van der Waals surface area contributed by atoms with Gasteiger partial charge in [0.2, 0.25) is 0 Å². The van der Waals surface area contributed by atoms with Crippen molar-refractivity contribution in [3.05, 3.63) is 77.7 Å². The first-order chi connectivity index (χ1) is 13.2. The molecule has 7 nitrogen and oxygen atoms in total. The molecule has 1 aliphatic heterocycles. The molecule has 0 saturated carbocycles. The molecule has 0 spiro atoms. The van der Waals surface area contributed by atoms with Crippen molar-refractivity contribution in [1.29, 1.82) is 0 Å². The Hall–Kier alpha value is -3.87. The van der Waals surface area contributed by atoms with Crippen molar-refractivity contribution in [3.63, 3.8) is 0 Å². The fourth-order valence-corrected chi connectivity index (χ4v) is 3.37. The standard InChI is InChI=1S/C20H13N5O2/c26-19-14-10-22-18-16(17(23-24-18)13-7-4-8-21-9-13)15(14)20(27)25(19)11-12-5-2-1-3-6-12/h1-10H,11H2,(H,22,23,24). The van der Waals surface area contributed by atoms with Crippen molar-refractivity contribution in [1.82, 2.24) is 25.1 Å². The number of pyridine rings is 2. The van der Waals surface area contributed by atoms with Crippen LogP contribution in [0, 0.1) is 0 Å². The largest absolute Gasteiger partial charge is 0.275 e. The number of hydrogen-bond donors (Lipinski definition) is 1. The predicted octanol–water partition coefficient (Wildman–Crippen LogP) is 2.82. The topological polar surface area (TPSA) is 91.8 Å². The van der Waals surface area contributed by atoms with Gasteiger partial charge < -0.3 is 0 Å². The second-order valence-electron chi connectivity index (χ2n) is 6.27. The van der Waals surface area contributed by atoms with Gasteiger partial charge in [-0.3, -0.25) is 24.6 Å². The van der Waals surface area contributed by atoms with E-state index in [1.165, 1.54) is 11.1 Å². The highest BCUT2D eigenvalue weighted by atomic mass is 16.2. The maximum absolute atomic E-state index is 13.1. The highest BCUT2D eigenvalue weighted by Gasteiger charge is 2.38. The number of carbonyl (C=O) groups is 2. The number of aromatic amines is 1. The lowest BCUT2D eigenvalue weighted by atomic mass is 10.0. The molecule has 5 rings (SSSR count). The van der Waals surface area contributed by atoms with E-state index in [9.17, 15) is 9.59 Å². The van der Waals surface area contributed by atoms with Crippen LogP contribution in [0.5, 0.6) is 0 Å². The van der Waals surface area contributed by atoms with Crippen molar-refractivity contribution in [3.8, 4) is 11.3 Å². The predicted molar refractivity (Wildman–Crippen MR) is 97.8 cm³/mol. The van der Waals surface area contributed by atoms with Crippen LogP contribution in [0.25, 0.3) is 22.3 Å². The first-order valence-corrected chi connectivity index (χ1v) is 8.41. The van der Waals surface area contributed by atoms with Crippen molar-refractivity contribution in [2.24, 2.45) is 0 Å². The number of aromatic nitrogens is 4. The van der Waals surface area contributed by atoms with E-state index in [0.717, 1.165) is 11.1 Å². The maximum Gasteiger partial charge on any atom is 0.263 e. The van der Waals surface area contributed by atoms with E-state index >= 15 is 0 Å². The van der Waals surface area contributed by atoms with Crippen LogP contribution in [-0.4, -0.2) is 36.9 Å². The second kappa shape index (κ2) is 5.84. The fraction of sp³-hybridized carbons (Fsp3) is 0.0500. The number of carbonyl (C=O) groups excluding carboxylic acids is 2. The average Bonchev–Trinajstić information content (AvgIpc) is 3.24. The van der Waals surface area contributed by atoms with E-state index in [2.05, 4.69) is 20.2 Å². The normalized spacial score (nSPS) is 13.4. The quantitative estimate of drug-likeness (QED) is 0.571. The Kier molecular flexibility index (Phi) is 3.33. The van der Waals surface area contributed by atoms with Crippen molar-refractivity contribution >= 4 is 22.8 Å². The SMILES string of the molecule is O=C1c2cnc3n[nH]c(-c4cccnc4)c3c2C(=O)N1Cc1ccccc1. The Morgan fingerprint density at radius 1 is 0.963 bits per heavy atom. The molecule has 2 amide bonds. The minimum atomic E-state index is -0.341. The zero-order chi connectivity index (χ0) is 18.4. The van der Waals surface area contributed by atoms with Crippen LogP contribution in [0.15, 0.2) is 61.1 Å². The molecule has 0 saturated heterocycles. The molecule has 1 aliphatic rings. The number of nitrogens with zero attached hydrogens (tertiary/aromatic N) is 4. The Morgan fingerprint density at radius 2 is 1.81 bits per heavy atom. The minimum absolute atomic E-state index is 0.217. The molecule has 27 heavy (non-hydrogen) atoms. The number of amides is 2. The molecule has 4 aromatic rings. The van der Waals surface area contributed by atoms with E-state index in [1.54, 1.807) is 18.5 Å². The van der Waals surface area contributed by atoms with Gasteiger partial charge in [0.1, 0.15) is 0 Å². The Balaban J connectivity index is 1.66. The first kappa shape index (κ1) is 15.4. The third kappa shape index (κ3) is 2.32. The molecule has 0 fully saturated rings. The number of fused-ring (bicyclic) bond motifs is 3. The number of nitrogens with one attached hydrogen (secondary N) is 1. The molecular weight excluding hydrogens is 342 g/mol. The lowest BCUT2D eigenvalue weighted by molar-refractivity contribution is 0.0643. The Labute approximate surface area is 153 Å². The van der Waals surface area contributed by atoms with Gasteiger partial charge >= 0.3 is 0 Å². The van der Waals surface area contributed by atoms with Crippen molar-refractivity contribution in [2.45, 2.75) is 6.54 Å². The zero-order valence-corrected chi connectivity index (χ0v) is 14.1. The molecule has 4 heterocycles. The van der Waals surface area contributed by atoms with E-state index in [1.807, 2.05) is 36.4 Å². The van der Waals surface area contributed by atoms with Crippen LogP contribution in [0.2, 0.25) is 0 Å². The van der Waals surface area contributed by atoms with Crippen LogP contribution in [0.4, 0.5) is 0 Å². The highest BCUT2D eigenvalue weighted by molar-refractivity contribution is 6.27. The summed E-state index contributed by atoms with van der Waals surface area (Å²) in [6, 6.07) is 13.1. The summed E-state index contributed by atoms with van der Waals surface area (Å²) in [4.78, 5) is 35.6. The van der Waals surface area contributed by atoms with Gasteiger partial charge in [0.25, 0.3) is 11.8 Å². The summed E-state index contributed by atoms with van der Waals surface area (Å²) in [5.74, 6) is -0.676. The number of hydrogen-bond acceptors (Lipinski definition) is 5. The Bertz CT molecular complexity index is 1190. The van der Waals surface area contributed by atoms with Gasteiger partial charge in [-0.15, -0.1) is 0 Å². The van der Waals surface area contributed by atoms with Gasteiger partial charge in [-0.2, -0.15) is 5.10 Å². The van der Waals surface area contributed by atoms with Gasteiger partial charge in [-0.05, 0) is 17.7 Å². The summed E-state index contributed by atoms with van der Waals surface area (Å²) in [7, 11) is 0. The number of rotatable bonds is 3. The minimum Gasteiger partial charge on any atom is -0.275 e. The summed E-state index contributed by atoms with van der Waals surface area (Å²) < 4.78 is 0. The lowest BCUT2D eigenvalue weighted by Crippen LogP contribution is -2.29.